The summed E-state index contributed by atoms with van der Waals surface area (Å²) >= 11 is 0. The van der Waals surface area contributed by atoms with E-state index in [9.17, 15) is 0 Å². The largest absolute Gasteiger partial charge is 0.377 e. The summed E-state index contributed by atoms with van der Waals surface area (Å²) in [4.78, 5) is 9.52. The molecule has 5 nitrogen and oxygen atoms in total. The Morgan fingerprint density at radius 2 is 2.24 bits per heavy atom. The van der Waals surface area contributed by atoms with E-state index in [1.807, 2.05) is 13.0 Å². The first-order valence-electron chi connectivity index (χ1n) is 9.53. The molecule has 2 saturated heterocycles. The Balaban J connectivity index is 1.62. The molecule has 140 valence electrons. The van der Waals surface area contributed by atoms with Gasteiger partial charge >= 0.3 is 0 Å². The van der Waals surface area contributed by atoms with Crippen LogP contribution in [0.15, 0.2) is 18.2 Å². The van der Waals surface area contributed by atoms with Crippen LogP contribution in [0.4, 0.5) is 0 Å². The van der Waals surface area contributed by atoms with E-state index >= 15 is 0 Å². The molecular weight excluding hydrogens is 314 g/mol. The molecule has 2 atom stereocenters. The van der Waals surface area contributed by atoms with Crippen LogP contribution in [0.3, 0.4) is 0 Å². The molecule has 1 spiro atoms. The lowest BCUT2D eigenvalue weighted by Crippen LogP contribution is -2.44. The highest BCUT2D eigenvalue weighted by Crippen LogP contribution is 2.33. The van der Waals surface area contributed by atoms with Crippen LogP contribution < -0.4 is 0 Å². The van der Waals surface area contributed by atoms with Crippen LogP contribution in [-0.4, -0.2) is 72.9 Å². The first kappa shape index (κ1) is 18.8. The zero-order valence-electron chi connectivity index (χ0n) is 16.2. The Hall–Kier alpha value is -1.01. The first-order valence-corrected chi connectivity index (χ1v) is 9.53. The smallest absolute Gasteiger partial charge is 0.104 e. The molecule has 0 saturated carbocycles. The van der Waals surface area contributed by atoms with Gasteiger partial charge in [-0.1, -0.05) is 6.07 Å². The number of rotatable bonds is 5. The summed E-state index contributed by atoms with van der Waals surface area (Å²) in [5, 5.41) is 0. The van der Waals surface area contributed by atoms with Crippen molar-refractivity contribution in [1.82, 2.24) is 14.8 Å². The van der Waals surface area contributed by atoms with Crippen LogP contribution in [0.25, 0.3) is 0 Å². The number of aryl methyl sites for hydroxylation is 1. The monoisotopic (exact) mass is 347 g/mol. The van der Waals surface area contributed by atoms with Crippen LogP contribution in [0.2, 0.25) is 0 Å². The summed E-state index contributed by atoms with van der Waals surface area (Å²) in [5.41, 5.74) is 2.06. The second-order valence-corrected chi connectivity index (χ2v) is 8.13. The third-order valence-electron chi connectivity index (χ3n) is 5.47. The van der Waals surface area contributed by atoms with E-state index in [4.69, 9.17) is 9.47 Å². The predicted molar refractivity (Wildman–Crippen MR) is 99.6 cm³/mol. The molecule has 0 aliphatic carbocycles. The molecule has 25 heavy (non-hydrogen) atoms. The summed E-state index contributed by atoms with van der Waals surface area (Å²) in [6.07, 6.45) is 1.09. The second-order valence-electron chi connectivity index (χ2n) is 8.13. The van der Waals surface area contributed by atoms with E-state index in [1.54, 1.807) is 0 Å². The van der Waals surface area contributed by atoms with Crippen molar-refractivity contribution < 1.29 is 9.47 Å². The van der Waals surface area contributed by atoms with Crippen LogP contribution in [-0.2, 0) is 16.0 Å². The Morgan fingerprint density at radius 3 is 3.00 bits per heavy atom. The molecule has 2 aliphatic rings. The van der Waals surface area contributed by atoms with Gasteiger partial charge in [-0.05, 0) is 52.3 Å². The third kappa shape index (κ3) is 5.00. The molecule has 3 rings (SSSR count). The zero-order chi connectivity index (χ0) is 17.9. The molecule has 2 unspecified atom stereocenters. The maximum absolute atomic E-state index is 6.33. The van der Waals surface area contributed by atoms with E-state index in [-0.39, 0.29) is 5.60 Å². The van der Waals surface area contributed by atoms with E-state index in [0.29, 0.717) is 18.6 Å². The molecule has 1 aromatic heterocycles. The minimum atomic E-state index is -0.150. The van der Waals surface area contributed by atoms with Crippen LogP contribution in [0.5, 0.6) is 0 Å². The minimum Gasteiger partial charge on any atom is -0.377 e. The molecule has 3 heterocycles. The highest BCUT2D eigenvalue weighted by Gasteiger charge is 2.43. The van der Waals surface area contributed by atoms with E-state index in [0.717, 1.165) is 57.2 Å². The first-order chi connectivity index (χ1) is 12.0. The van der Waals surface area contributed by atoms with Gasteiger partial charge in [0.2, 0.25) is 0 Å². The standard InChI is InChI=1S/C20H33N3O2/c1-16(2)22(4)11-18-10-20(25-13-18)14-23(8-9-24-15-20)12-19-7-5-6-17(3)21-19/h5-7,16,18H,8-15H2,1-4H3. The van der Waals surface area contributed by atoms with Gasteiger partial charge < -0.3 is 14.4 Å². The Kier molecular flexibility index (Phi) is 6.10. The maximum atomic E-state index is 6.33. The number of aromatic nitrogens is 1. The number of ether oxygens (including phenoxy) is 2. The highest BCUT2D eigenvalue weighted by molar-refractivity contribution is 5.10. The van der Waals surface area contributed by atoms with Crippen molar-refractivity contribution >= 4 is 0 Å². The van der Waals surface area contributed by atoms with Crippen molar-refractivity contribution in [1.29, 1.82) is 0 Å². The third-order valence-corrected chi connectivity index (χ3v) is 5.47. The van der Waals surface area contributed by atoms with Gasteiger partial charge in [-0.25, -0.2) is 0 Å². The SMILES string of the molecule is Cc1cccc(CN2CCOCC3(CC(CN(C)C(C)C)CO3)C2)n1. The van der Waals surface area contributed by atoms with Crippen molar-refractivity contribution in [2.45, 2.75) is 45.4 Å². The van der Waals surface area contributed by atoms with Crippen LogP contribution in [0, 0.1) is 12.8 Å². The highest BCUT2D eigenvalue weighted by atomic mass is 16.5. The molecule has 0 amide bonds. The molecule has 2 fully saturated rings. The Bertz CT molecular complexity index is 566. The quantitative estimate of drug-likeness (QED) is 0.817. The van der Waals surface area contributed by atoms with E-state index in [1.165, 1.54) is 0 Å². The fourth-order valence-corrected chi connectivity index (χ4v) is 3.92. The van der Waals surface area contributed by atoms with Gasteiger partial charge in [-0.3, -0.25) is 9.88 Å². The summed E-state index contributed by atoms with van der Waals surface area (Å²) in [5.74, 6) is 0.591. The summed E-state index contributed by atoms with van der Waals surface area (Å²) < 4.78 is 12.3. The lowest BCUT2D eigenvalue weighted by molar-refractivity contribution is -0.0564. The molecule has 0 bridgehead atoms. The van der Waals surface area contributed by atoms with Gasteiger partial charge in [-0.2, -0.15) is 0 Å². The fraction of sp³-hybridized carbons (Fsp3) is 0.750. The predicted octanol–water partition coefficient (Wildman–Crippen LogP) is 2.34. The lowest BCUT2D eigenvalue weighted by atomic mass is 9.93. The number of nitrogens with zero attached hydrogens (tertiary/aromatic N) is 3. The number of hydrogen-bond acceptors (Lipinski definition) is 5. The molecule has 0 aromatic carbocycles. The molecule has 0 radical (unpaired) electrons. The average Bonchev–Trinajstić information content (AvgIpc) is 2.82. The van der Waals surface area contributed by atoms with Gasteiger partial charge in [0.05, 0.1) is 25.5 Å². The zero-order valence-corrected chi connectivity index (χ0v) is 16.2. The number of hydrogen-bond donors (Lipinski definition) is 0. The fourth-order valence-electron chi connectivity index (χ4n) is 3.92. The second kappa shape index (κ2) is 8.12. The van der Waals surface area contributed by atoms with Crippen LogP contribution in [0.1, 0.15) is 31.7 Å². The maximum Gasteiger partial charge on any atom is 0.104 e. The Labute approximate surface area is 152 Å². The van der Waals surface area contributed by atoms with Gasteiger partial charge in [0, 0.05) is 37.9 Å². The minimum absolute atomic E-state index is 0.150. The van der Waals surface area contributed by atoms with Gasteiger partial charge in [-0.15, -0.1) is 0 Å². The topological polar surface area (TPSA) is 37.8 Å². The van der Waals surface area contributed by atoms with Crippen molar-refractivity contribution in [3.05, 3.63) is 29.6 Å². The van der Waals surface area contributed by atoms with Gasteiger partial charge in [0.1, 0.15) is 5.60 Å². The van der Waals surface area contributed by atoms with Crippen molar-refractivity contribution in [3.8, 4) is 0 Å². The Morgan fingerprint density at radius 1 is 1.40 bits per heavy atom. The molecular formula is C20H33N3O2. The van der Waals surface area contributed by atoms with Gasteiger partial charge in [0.15, 0.2) is 0 Å². The summed E-state index contributed by atoms with van der Waals surface area (Å²) in [6, 6.07) is 6.82. The average molecular weight is 348 g/mol. The normalized spacial score (nSPS) is 28.2. The molecule has 5 heteroatoms. The molecule has 1 aromatic rings. The van der Waals surface area contributed by atoms with E-state index < -0.39 is 0 Å². The van der Waals surface area contributed by atoms with Crippen molar-refractivity contribution in [3.63, 3.8) is 0 Å². The van der Waals surface area contributed by atoms with Crippen molar-refractivity contribution in [2.24, 2.45) is 5.92 Å². The summed E-state index contributed by atoms with van der Waals surface area (Å²) in [7, 11) is 2.20. The van der Waals surface area contributed by atoms with Gasteiger partial charge in [0.25, 0.3) is 0 Å². The number of pyridine rings is 1. The molecule has 2 aliphatic heterocycles. The van der Waals surface area contributed by atoms with Crippen LogP contribution >= 0.6 is 0 Å². The van der Waals surface area contributed by atoms with E-state index in [2.05, 4.69) is 47.8 Å². The van der Waals surface area contributed by atoms with Crippen molar-refractivity contribution in [2.75, 3.05) is 46.5 Å². The molecule has 0 N–H and O–H groups in total. The lowest BCUT2D eigenvalue weighted by Gasteiger charge is -2.31. The summed E-state index contributed by atoms with van der Waals surface area (Å²) in [6.45, 7) is 12.7.